The third-order valence-corrected chi connectivity index (χ3v) is 4.36. The van der Waals surface area contributed by atoms with Gasteiger partial charge in [-0.1, -0.05) is 0 Å². The average molecular weight is 290 g/mol. The maximum Gasteiger partial charge on any atom is 0.248 e. The maximum atomic E-state index is 12.3. The Morgan fingerprint density at radius 1 is 1.16 bits per heavy atom. The summed E-state index contributed by atoms with van der Waals surface area (Å²) in [5.74, 6) is -0.406. The molecule has 110 valence electrons. The third kappa shape index (κ3) is 3.46. The Morgan fingerprint density at radius 2 is 1.68 bits per heavy atom. The van der Waals surface area contributed by atoms with Crippen LogP contribution in [-0.2, 0) is 19.4 Å². The highest BCUT2D eigenvalue weighted by molar-refractivity contribution is 7.90. The molecule has 7 heteroatoms. The van der Waals surface area contributed by atoms with E-state index in [0.29, 0.717) is 6.42 Å². The molecule has 1 aliphatic heterocycles. The lowest BCUT2D eigenvalue weighted by atomic mass is 9.89. The Kier molecular flexibility index (Phi) is 4.01. The van der Waals surface area contributed by atoms with Crippen molar-refractivity contribution in [3.63, 3.8) is 0 Å². The lowest BCUT2D eigenvalue weighted by molar-refractivity contribution is -0.159. The molecule has 0 saturated carbocycles. The van der Waals surface area contributed by atoms with Gasteiger partial charge in [0.15, 0.2) is 0 Å². The molecule has 0 aromatic carbocycles. The first-order valence-electron chi connectivity index (χ1n) is 6.20. The van der Waals surface area contributed by atoms with Gasteiger partial charge < -0.3 is 10.2 Å². The van der Waals surface area contributed by atoms with Gasteiger partial charge in [0, 0.05) is 12.8 Å². The van der Waals surface area contributed by atoms with Crippen molar-refractivity contribution < 1.29 is 18.0 Å². The van der Waals surface area contributed by atoms with Gasteiger partial charge in [0.2, 0.25) is 11.8 Å². The van der Waals surface area contributed by atoms with Gasteiger partial charge in [0.1, 0.15) is 20.9 Å². The molecule has 2 amide bonds. The van der Waals surface area contributed by atoms with Gasteiger partial charge in [-0.15, -0.1) is 0 Å². The standard InChI is InChI=1S/C12H22N2O4S/c1-11(2)10(16)14(7-6-8-19(5,17)18)12(3,4)9(15)13-11/h6-8H2,1-5H3,(H,13,15). The van der Waals surface area contributed by atoms with Gasteiger partial charge in [0.05, 0.1) is 5.75 Å². The zero-order valence-electron chi connectivity index (χ0n) is 12.1. The fourth-order valence-corrected chi connectivity index (χ4v) is 2.72. The van der Waals surface area contributed by atoms with Crippen LogP contribution < -0.4 is 5.32 Å². The minimum atomic E-state index is -3.06. The second-order valence-corrected chi connectivity index (χ2v) is 8.34. The van der Waals surface area contributed by atoms with E-state index in [0.717, 1.165) is 6.26 Å². The highest BCUT2D eigenvalue weighted by Crippen LogP contribution is 2.26. The Bertz CT molecular complexity index is 494. The molecular formula is C12H22N2O4S. The van der Waals surface area contributed by atoms with Crippen LogP contribution in [-0.4, -0.2) is 54.8 Å². The molecule has 19 heavy (non-hydrogen) atoms. The van der Waals surface area contributed by atoms with Crippen LogP contribution in [0.5, 0.6) is 0 Å². The average Bonchev–Trinajstić information content (AvgIpc) is 2.19. The molecule has 6 nitrogen and oxygen atoms in total. The van der Waals surface area contributed by atoms with Crippen molar-refractivity contribution in [2.24, 2.45) is 0 Å². The first-order valence-corrected chi connectivity index (χ1v) is 8.26. The number of amides is 2. The van der Waals surface area contributed by atoms with Crippen molar-refractivity contribution in [1.82, 2.24) is 10.2 Å². The summed E-state index contributed by atoms with van der Waals surface area (Å²) in [6, 6.07) is 0. The molecule has 1 N–H and O–H groups in total. The molecule has 0 aromatic rings. The smallest absolute Gasteiger partial charge is 0.248 e. The van der Waals surface area contributed by atoms with E-state index in [9.17, 15) is 18.0 Å². The SMILES string of the molecule is CC1(C)NC(=O)C(C)(C)N(CCCS(C)(=O)=O)C1=O. The first kappa shape index (κ1) is 15.9. The summed E-state index contributed by atoms with van der Waals surface area (Å²) in [4.78, 5) is 25.8. The zero-order chi connectivity index (χ0) is 15.1. The number of hydrogen-bond donors (Lipinski definition) is 1. The fraction of sp³-hybridized carbons (Fsp3) is 0.833. The molecule has 1 saturated heterocycles. The van der Waals surface area contributed by atoms with Gasteiger partial charge >= 0.3 is 0 Å². The number of nitrogens with one attached hydrogen (secondary N) is 1. The molecule has 0 spiro atoms. The topological polar surface area (TPSA) is 83.6 Å². The second-order valence-electron chi connectivity index (χ2n) is 6.08. The van der Waals surface area contributed by atoms with E-state index in [1.807, 2.05) is 0 Å². The Labute approximate surface area is 114 Å². The summed E-state index contributed by atoms with van der Waals surface area (Å²) in [5, 5.41) is 2.68. The Hall–Kier alpha value is -1.11. The molecule has 0 aromatic heterocycles. The van der Waals surface area contributed by atoms with E-state index in [2.05, 4.69) is 5.32 Å². The quantitative estimate of drug-likeness (QED) is 0.786. The van der Waals surface area contributed by atoms with E-state index in [-0.39, 0.29) is 24.1 Å². The van der Waals surface area contributed by atoms with Crippen LogP contribution in [0.15, 0.2) is 0 Å². The number of carbonyl (C=O) groups excluding carboxylic acids is 2. The van der Waals surface area contributed by atoms with E-state index in [4.69, 9.17) is 0 Å². The largest absolute Gasteiger partial charge is 0.340 e. The van der Waals surface area contributed by atoms with E-state index >= 15 is 0 Å². The maximum absolute atomic E-state index is 12.3. The number of piperazine rings is 1. The number of carbonyl (C=O) groups is 2. The van der Waals surface area contributed by atoms with Crippen LogP contribution in [0.3, 0.4) is 0 Å². The predicted octanol–water partition coefficient (Wildman–Crippen LogP) is -0.0633. The Balaban J connectivity index is 2.88. The Morgan fingerprint density at radius 3 is 2.16 bits per heavy atom. The van der Waals surface area contributed by atoms with E-state index in [1.165, 1.54) is 4.90 Å². The highest BCUT2D eigenvalue weighted by atomic mass is 32.2. The summed E-state index contributed by atoms with van der Waals surface area (Å²) in [6.45, 7) is 6.87. The summed E-state index contributed by atoms with van der Waals surface area (Å²) in [6.07, 6.45) is 1.49. The van der Waals surface area contributed by atoms with Gasteiger partial charge in [-0.3, -0.25) is 9.59 Å². The molecule has 0 aliphatic carbocycles. The molecule has 1 aliphatic rings. The predicted molar refractivity (Wildman–Crippen MR) is 72.3 cm³/mol. The van der Waals surface area contributed by atoms with Crippen LogP contribution in [0, 0.1) is 0 Å². The fourth-order valence-electron chi connectivity index (χ4n) is 2.07. The third-order valence-electron chi connectivity index (χ3n) is 3.33. The summed E-state index contributed by atoms with van der Waals surface area (Å²) in [5.41, 5.74) is -1.90. The zero-order valence-corrected chi connectivity index (χ0v) is 12.9. The van der Waals surface area contributed by atoms with Crippen molar-refractivity contribution in [1.29, 1.82) is 0 Å². The molecule has 1 fully saturated rings. The normalized spacial score (nSPS) is 22.3. The van der Waals surface area contributed by atoms with E-state index in [1.54, 1.807) is 27.7 Å². The molecule has 1 rings (SSSR count). The van der Waals surface area contributed by atoms with Crippen LogP contribution >= 0.6 is 0 Å². The minimum Gasteiger partial charge on any atom is -0.340 e. The number of nitrogens with zero attached hydrogens (tertiary/aromatic N) is 1. The minimum absolute atomic E-state index is 0.00884. The van der Waals surface area contributed by atoms with Crippen molar-refractivity contribution in [3.8, 4) is 0 Å². The van der Waals surface area contributed by atoms with Crippen LogP contribution in [0.2, 0.25) is 0 Å². The molecule has 0 atom stereocenters. The lowest BCUT2D eigenvalue weighted by Crippen LogP contribution is -2.72. The van der Waals surface area contributed by atoms with Crippen molar-refractivity contribution in [2.45, 2.75) is 45.2 Å². The number of rotatable bonds is 4. The highest BCUT2D eigenvalue weighted by Gasteiger charge is 2.49. The van der Waals surface area contributed by atoms with Crippen LogP contribution in [0.25, 0.3) is 0 Å². The van der Waals surface area contributed by atoms with Gasteiger partial charge in [-0.25, -0.2) is 8.42 Å². The second kappa shape index (κ2) is 4.77. The number of hydrogen-bond acceptors (Lipinski definition) is 4. The van der Waals surface area contributed by atoms with Crippen molar-refractivity contribution >= 4 is 21.7 Å². The summed E-state index contributed by atoms with van der Waals surface area (Å²) >= 11 is 0. The molecule has 0 radical (unpaired) electrons. The van der Waals surface area contributed by atoms with Gasteiger partial charge in [-0.2, -0.15) is 0 Å². The van der Waals surface area contributed by atoms with Crippen LogP contribution in [0.4, 0.5) is 0 Å². The lowest BCUT2D eigenvalue weighted by Gasteiger charge is -2.47. The van der Waals surface area contributed by atoms with Gasteiger partial charge in [-0.05, 0) is 34.1 Å². The van der Waals surface area contributed by atoms with Crippen LogP contribution in [0.1, 0.15) is 34.1 Å². The molecule has 1 heterocycles. The molecular weight excluding hydrogens is 268 g/mol. The van der Waals surface area contributed by atoms with Gasteiger partial charge in [0.25, 0.3) is 0 Å². The molecule has 0 bridgehead atoms. The monoisotopic (exact) mass is 290 g/mol. The van der Waals surface area contributed by atoms with Crippen molar-refractivity contribution in [2.75, 3.05) is 18.6 Å². The summed E-state index contributed by atoms with van der Waals surface area (Å²) in [7, 11) is -3.06. The van der Waals surface area contributed by atoms with E-state index < -0.39 is 20.9 Å². The van der Waals surface area contributed by atoms with Crippen molar-refractivity contribution in [3.05, 3.63) is 0 Å². The first-order chi connectivity index (χ1) is 8.38. The number of sulfone groups is 1. The molecule has 0 unspecified atom stereocenters. The summed E-state index contributed by atoms with van der Waals surface area (Å²) < 4.78 is 22.2.